The molecule has 1 aliphatic carbocycles. The van der Waals surface area contributed by atoms with Gasteiger partial charge in [0.15, 0.2) is 0 Å². The van der Waals surface area contributed by atoms with Gasteiger partial charge in [0.2, 0.25) is 11.9 Å². The molecule has 2 amide bonds. The van der Waals surface area contributed by atoms with E-state index in [0.29, 0.717) is 37.2 Å². The molecule has 9 nitrogen and oxygen atoms in total. The maximum absolute atomic E-state index is 13.7. The molecule has 2 fully saturated rings. The molecule has 37 heavy (non-hydrogen) atoms. The second-order valence-electron chi connectivity index (χ2n) is 9.59. The summed E-state index contributed by atoms with van der Waals surface area (Å²) in [5.74, 6) is -0.637. The molecule has 3 N–H and O–H groups in total. The molecule has 0 radical (unpaired) electrons. The van der Waals surface area contributed by atoms with Crippen molar-refractivity contribution in [2.45, 2.75) is 50.9 Å². The number of anilines is 3. The zero-order valence-corrected chi connectivity index (χ0v) is 20.9. The first-order valence-electron chi connectivity index (χ1n) is 12.4. The van der Waals surface area contributed by atoms with Gasteiger partial charge in [0.25, 0.3) is 5.91 Å². The smallest absolute Gasteiger partial charge is 0.365 e. The highest BCUT2D eigenvalue weighted by Gasteiger charge is 2.37. The number of nitrogens with one attached hydrogen (secondary N) is 3. The third-order valence-corrected chi connectivity index (χ3v) is 6.75. The third kappa shape index (κ3) is 6.88. The largest absolute Gasteiger partial charge is 0.421 e. The predicted octanol–water partition coefficient (Wildman–Crippen LogP) is 3.49. The van der Waals surface area contributed by atoms with Crippen LogP contribution in [0.3, 0.4) is 0 Å². The highest BCUT2D eigenvalue weighted by Crippen LogP contribution is 2.35. The lowest BCUT2D eigenvalue weighted by molar-refractivity contribution is -0.137. The van der Waals surface area contributed by atoms with Gasteiger partial charge in [0.1, 0.15) is 11.4 Å². The number of alkyl halides is 3. The fourth-order valence-electron chi connectivity index (χ4n) is 4.69. The second kappa shape index (κ2) is 11.3. The van der Waals surface area contributed by atoms with E-state index in [4.69, 9.17) is 0 Å². The molecule has 12 heteroatoms. The number of amides is 2. The van der Waals surface area contributed by atoms with Crippen molar-refractivity contribution in [1.29, 1.82) is 0 Å². The first kappa shape index (κ1) is 26.6. The van der Waals surface area contributed by atoms with Crippen molar-refractivity contribution in [2.24, 2.45) is 0 Å². The number of aromatic nitrogens is 2. The summed E-state index contributed by atoms with van der Waals surface area (Å²) < 4.78 is 41.1. The molecule has 0 unspecified atom stereocenters. The summed E-state index contributed by atoms with van der Waals surface area (Å²) in [4.78, 5) is 36.3. The Kier molecular flexibility index (Phi) is 8.16. The van der Waals surface area contributed by atoms with Crippen molar-refractivity contribution in [1.82, 2.24) is 25.1 Å². The molecule has 2 aliphatic rings. The Morgan fingerprint density at radius 3 is 2.27 bits per heavy atom. The van der Waals surface area contributed by atoms with Gasteiger partial charge < -0.3 is 25.8 Å². The lowest BCUT2D eigenvalue weighted by atomic mass is 9.90. The molecule has 1 aromatic carbocycles. The summed E-state index contributed by atoms with van der Waals surface area (Å²) in [6, 6.07) is 6.01. The minimum Gasteiger partial charge on any atom is -0.365 e. The van der Waals surface area contributed by atoms with Gasteiger partial charge in [-0.3, -0.25) is 9.59 Å². The van der Waals surface area contributed by atoms with Gasteiger partial charge in [0.05, 0.1) is 0 Å². The molecule has 2 aromatic rings. The first-order valence-corrected chi connectivity index (χ1v) is 12.4. The van der Waals surface area contributed by atoms with E-state index in [0.717, 1.165) is 32.1 Å². The second-order valence-corrected chi connectivity index (χ2v) is 9.59. The summed E-state index contributed by atoms with van der Waals surface area (Å²) in [5.41, 5.74) is 0.0971. The van der Waals surface area contributed by atoms with E-state index in [1.54, 1.807) is 29.2 Å². The van der Waals surface area contributed by atoms with E-state index < -0.39 is 11.7 Å². The maximum atomic E-state index is 13.7. The molecule has 1 saturated carbocycles. The van der Waals surface area contributed by atoms with E-state index in [9.17, 15) is 22.8 Å². The number of likely N-dealkylation sites (N-methyl/N-ethyl adjacent to an activating group) is 1. The summed E-state index contributed by atoms with van der Waals surface area (Å²) in [7, 11) is 2.02. The average Bonchev–Trinajstić information content (AvgIpc) is 2.85. The first-order chi connectivity index (χ1) is 17.6. The molecule has 1 saturated heterocycles. The molecule has 0 spiro atoms. The van der Waals surface area contributed by atoms with Crippen LogP contribution >= 0.6 is 0 Å². The normalized spacial score (nSPS) is 20.8. The predicted molar refractivity (Wildman–Crippen MR) is 134 cm³/mol. The van der Waals surface area contributed by atoms with Gasteiger partial charge in [-0.25, -0.2) is 4.98 Å². The summed E-state index contributed by atoms with van der Waals surface area (Å²) in [6.07, 6.45) is -0.890. The van der Waals surface area contributed by atoms with Crippen LogP contribution in [0.1, 0.15) is 48.5 Å². The molecule has 2 atom stereocenters. The van der Waals surface area contributed by atoms with E-state index in [-0.39, 0.29) is 35.7 Å². The molecular formula is C25H32F3N7O2. The molecular weight excluding hydrogens is 487 g/mol. The highest BCUT2D eigenvalue weighted by atomic mass is 19.4. The molecule has 0 bridgehead atoms. The van der Waals surface area contributed by atoms with Crippen molar-refractivity contribution >= 4 is 29.3 Å². The quantitative estimate of drug-likeness (QED) is 0.537. The van der Waals surface area contributed by atoms with Crippen molar-refractivity contribution in [3.8, 4) is 0 Å². The van der Waals surface area contributed by atoms with Crippen LogP contribution in [-0.4, -0.2) is 76.9 Å². The Morgan fingerprint density at radius 2 is 1.65 bits per heavy atom. The SMILES string of the molecule is CC(=O)N[C@H]1CCCC[C@H]1Nc1nc(Nc2ccc(C(=O)N3CCN(C)CC3)cc2)ncc1C(F)(F)F. The monoisotopic (exact) mass is 519 g/mol. The van der Waals surface area contributed by atoms with Gasteiger partial charge in [-0.1, -0.05) is 12.8 Å². The molecule has 1 aliphatic heterocycles. The number of rotatable bonds is 6. The van der Waals surface area contributed by atoms with Crippen LogP contribution in [0.2, 0.25) is 0 Å². The topological polar surface area (TPSA) is 102 Å². The lowest BCUT2D eigenvalue weighted by Crippen LogP contribution is -2.48. The van der Waals surface area contributed by atoms with Crippen molar-refractivity contribution < 1.29 is 22.8 Å². The van der Waals surface area contributed by atoms with Crippen LogP contribution in [0, 0.1) is 0 Å². The third-order valence-electron chi connectivity index (χ3n) is 6.75. The van der Waals surface area contributed by atoms with E-state index in [1.807, 2.05) is 7.05 Å². The number of hydrogen-bond donors (Lipinski definition) is 3. The Balaban J connectivity index is 1.49. The Labute approximate surface area is 213 Å². The van der Waals surface area contributed by atoms with Crippen LogP contribution in [-0.2, 0) is 11.0 Å². The number of hydrogen-bond acceptors (Lipinski definition) is 7. The number of carbonyl (C=O) groups excluding carboxylic acids is 2. The van der Waals surface area contributed by atoms with E-state index in [2.05, 4.69) is 30.8 Å². The van der Waals surface area contributed by atoms with Gasteiger partial charge in [-0.2, -0.15) is 18.2 Å². The summed E-state index contributed by atoms with van der Waals surface area (Å²) in [5, 5.41) is 8.68. The lowest BCUT2D eigenvalue weighted by Gasteiger charge is -2.33. The summed E-state index contributed by atoms with van der Waals surface area (Å²) >= 11 is 0. The standard InChI is InChI=1S/C25H32F3N7O2/c1-16(36)30-20-5-3-4-6-21(20)32-22-19(25(26,27)28)15-29-24(33-22)31-18-9-7-17(8-10-18)23(37)35-13-11-34(2)12-14-35/h7-10,15,20-21H,3-6,11-14H2,1-2H3,(H,30,36)(H2,29,31,32,33)/t20-,21+/m0/s1. The zero-order chi connectivity index (χ0) is 26.6. The Hall–Kier alpha value is -3.41. The van der Waals surface area contributed by atoms with Crippen molar-refractivity contribution in [3.05, 3.63) is 41.6 Å². The molecule has 1 aromatic heterocycles. The van der Waals surface area contributed by atoms with Gasteiger partial charge >= 0.3 is 6.18 Å². The molecule has 200 valence electrons. The minimum absolute atomic E-state index is 0.0134. The highest BCUT2D eigenvalue weighted by molar-refractivity contribution is 5.94. The van der Waals surface area contributed by atoms with Gasteiger partial charge in [0, 0.05) is 62.6 Å². The van der Waals surface area contributed by atoms with Crippen LogP contribution in [0.4, 0.5) is 30.6 Å². The fourth-order valence-corrected chi connectivity index (χ4v) is 4.69. The molecule has 4 rings (SSSR count). The molecule has 2 heterocycles. The fraction of sp³-hybridized carbons (Fsp3) is 0.520. The Morgan fingerprint density at radius 1 is 1.00 bits per heavy atom. The average molecular weight is 520 g/mol. The van der Waals surface area contributed by atoms with Gasteiger partial charge in [-0.05, 0) is 44.2 Å². The number of piperazine rings is 1. The number of carbonyl (C=O) groups is 2. The maximum Gasteiger partial charge on any atom is 0.421 e. The van der Waals surface area contributed by atoms with Crippen molar-refractivity contribution in [3.63, 3.8) is 0 Å². The van der Waals surface area contributed by atoms with E-state index >= 15 is 0 Å². The van der Waals surface area contributed by atoms with Crippen molar-refractivity contribution in [2.75, 3.05) is 43.9 Å². The summed E-state index contributed by atoms with van der Waals surface area (Å²) in [6.45, 7) is 4.35. The number of halogens is 3. The van der Waals surface area contributed by atoms with Crippen LogP contribution < -0.4 is 16.0 Å². The van der Waals surface area contributed by atoms with Gasteiger partial charge in [-0.15, -0.1) is 0 Å². The minimum atomic E-state index is -4.65. The van der Waals surface area contributed by atoms with Crippen LogP contribution in [0.5, 0.6) is 0 Å². The Bertz CT molecular complexity index is 1100. The zero-order valence-electron chi connectivity index (χ0n) is 20.9. The number of nitrogens with zero attached hydrogens (tertiary/aromatic N) is 4. The van der Waals surface area contributed by atoms with Crippen LogP contribution in [0.15, 0.2) is 30.5 Å². The number of benzene rings is 1. The van der Waals surface area contributed by atoms with Crippen LogP contribution in [0.25, 0.3) is 0 Å². The van der Waals surface area contributed by atoms with E-state index in [1.165, 1.54) is 6.92 Å².